The average molecular weight is 227 g/mol. The lowest BCUT2D eigenvalue weighted by Gasteiger charge is -2.00. The van der Waals surface area contributed by atoms with Crippen LogP contribution in [0.5, 0.6) is 0 Å². The van der Waals surface area contributed by atoms with E-state index in [-0.39, 0.29) is 0 Å². The van der Waals surface area contributed by atoms with Crippen molar-refractivity contribution in [3.63, 3.8) is 0 Å². The van der Waals surface area contributed by atoms with Gasteiger partial charge in [0.25, 0.3) is 0 Å². The Bertz CT molecular complexity index is 462. The minimum atomic E-state index is -0.415. The number of halogens is 2. The lowest BCUT2D eigenvalue weighted by atomic mass is 10.3. The summed E-state index contributed by atoms with van der Waals surface area (Å²) in [6, 6.07) is 4.15. The molecule has 0 saturated carbocycles. The minimum absolute atomic E-state index is 0.295. The molecule has 15 heavy (non-hydrogen) atoms. The fourth-order valence-electron chi connectivity index (χ4n) is 1.19. The normalized spacial score (nSPS) is 10.6. The van der Waals surface area contributed by atoms with Crippen LogP contribution in [-0.4, -0.2) is 15.0 Å². The van der Waals surface area contributed by atoms with Crippen molar-refractivity contribution in [1.29, 1.82) is 0 Å². The van der Waals surface area contributed by atoms with Gasteiger partial charge in [0.2, 0.25) is 0 Å². The highest BCUT2D eigenvalue weighted by Gasteiger charge is 2.04. The number of hydrogen-bond acceptors (Lipinski definition) is 3. The van der Waals surface area contributed by atoms with E-state index in [1.165, 1.54) is 16.8 Å². The molecule has 0 atom stereocenters. The van der Waals surface area contributed by atoms with Crippen LogP contribution in [0.15, 0.2) is 24.4 Å². The molecule has 0 saturated heterocycles. The van der Waals surface area contributed by atoms with Crippen LogP contribution in [0.25, 0.3) is 5.69 Å². The van der Waals surface area contributed by atoms with Crippen molar-refractivity contribution in [1.82, 2.24) is 15.0 Å². The highest BCUT2D eigenvalue weighted by atomic mass is 35.5. The number of rotatable bonds is 2. The Hall–Kier alpha value is -1.46. The summed E-state index contributed by atoms with van der Waals surface area (Å²) in [5.74, 6) is -0.415. The summed E-state index contributed by atoms with van der Waals surface area (Å²) in [5.41, 5.74) is 6.54. The second-order valence-electron chi connectivity index (χ2n) is 2.99. The van der Waals surface area contributed by atoms with Gasteiger partial charge in [-0.1, -0.05) is 16.8 Å². The number of hydrogen-bond donors (Lipinski definition) is 1. The van der Waals surface area contributed by atoms with Crippen LogP contribution in [-0.2, 0) is 6.54 Å². The van der Waals surface area contributed by atoms with Gasteiger partial charge in [-0.3, -0.25) is 0 Å². The van der Waals surface area contributed by atoms with Crippen LogP contribution in [0.1, 0.15) is 5.69 Å². The quantitative estimate of drug-likeness (QED) is 0.845. The van der Waals surface area contributed by atoms with Gasteiger partial charge in [0.1, 0.15) is 5.82 Å². The summed E-state index contributed by atoms with van der Waals surface area (Å²) in [7, 11) is 0. The van der Waals surface area contributed by atoms with E-state index in [0.717, 1.165) is 0 Å². The van der Waals surface area contributed by atoms with E-state index in [0.29, 0.717) is 22.9 Å². The standard InChI is InChI=1S/C9H8ClFN4/c10-6-1-7(11)3-9(2-6)15-5-8(4-12)13-14-15/h1-3,5H,4,12H2. The predicted molar refractivity (Wildman–Crippen MR) is 54.2 cm³/mol. The van der Waals surface area contributed by atoms with Crippen LogP contribution >= 0.6 is 11.6 Å². The third-order valence-electron chi connectivity index (χ3n) is 1.86. The molecule has 78 valence electrons. The second kappa shape index (κ2) is 3.96. The van der Waals surface area contributed by atoms with E-state index in [4.69, 9.17) is 17.3 Å². The molecule has 0 fully saturated rings. The van der Waals surface area contributed by atoms with Crippen molar-refractivity contribution >= 4 is 11.6 Å². The van der Waals surface area contributed by atoms with E-state index < -0.39 is 5.82 Å². The lowest BCUT2D eigenvalue weighted by Crippen LogP contribution is -1.96. The molecule has 2 aromatic rings. The Labute approximate surface area is 90.5 Å². The van der Waals surface area contributed by atoms with E-state index in [9.17, 15) is 4.39 Å². The van der Waals surface area contributed by atoms with Gasteiger partial charge in [0, 0.05) is 11.6 Å². The van der Waals surface area contributed by atoms with Gasteiger partial charge < -0.3 is 5.73 Å². The summed E-state index contributed by atoms with van der Waals surface area (Å²) >= 11 is 5.71. The summed E-state index contributed by atoms with van der Waals surface area (Å²) in [5, 5.41) is 7.91. The molecule has 0 radical (unpaired) electrons. The van der Waals surface area contributed by atoms with Gasteiger partial charge >= 0.3 is 0 Å². The zero-order valence-corrected chi connectivity index (χ0v) is 8.45. The monoisotopic (exact) mass is 226 g/mol. The van der Waals surface area contributed by atoms with Crippen molar-refractivity contribution in [2.45, 2.75) is 6.54 Å². The lowest BCUT2D eigenvalue weighted by molar-refractivity contribution is 0.625. The molecule has 0 aliphatic heterocycles. The molecule has 1 aromatic heterocycles. The molecule has 1 heterocycles. The molecule has 2 N–H and O–H groups in total. The minimum Gasteiger partial charge on any atom is -0.325 e. The van der Waals surface area contributed by atoms with Crippen LogP contribution in [0.4, 0.5) is 4.39 Å². The highest BCUT2D eigenvalue weighted by Crippen LogP contribution is 2.16. The van der Waals surface area contributed by atoms with Gasteiger partial charge in [0.15, 0.2) is 0 Å². The van der Waals surface area contributed by atoms with Crippen LogP contribution in [0.2, 0.25) is 5.02 Å². The maximum absolute atomic E-state index is 13.0. The second-order valence-corrected chi connectivity index (χ2v) is 3.42. The number of benzene rings is 1. The SMILES string of the molecule is NCc1cn(-c2cc(F)cc(Cl)c2)nn1. The molecule has 0 aliphatic carbocycles. The Morgan fingerprint density at radius 2 is 2.20 bits per heavy atom. The maximum Gasteiger partial charge on any atom is 0.126 e. The van der Waals surface area contributed by atoms with E-state index in [1.54, 1.807) is 12.3 Å². The molecular formula is C9H8ClFN4. The number of aromatic nitrogens is 3. The number of nitrogens with two attached hydrogens (primary N) is 1. The Morgan fingerprint density at radius 3 is 2.80 bits per heavy atom. The first-order valence-corrected chi connectivity index (χ1v) is 4.64. The fourth-order valence-corrected chi connectivity index (χ4v) is 1.41. The molecule has 4 nitrogen and oxygen atoms in total. The number of nitrogens with zero attached hydrogens (tertiary/aromatic N) is 3. The highest BCUT2D eigenvalue weighted by molar-refractivity contribution is 6.30. The Balaban J connectivity index is 2.44. The molecule has 2 rings (SSSR count). The third kappa shape index (κ3) is 2.14. The van der Waals surface area contributed by atoms with E-state index >= 15 is 0 Å². The van der Waals surface area contributed by atoms with Crippen molar-refractivity contribution in [3.05, 3.63) is 40.9 Å². The van der Waals surface area contributed by atoms with Gasteiger partial charge in [-0.05, 0) is 18.2 Å². The molecule has 6 heteroatoms. The summed E-state index contributed by atoms with van der Waals surface area (Å²) in [6.07, 6.45) is 1.63. The van der Waals surface area contributed by atoms with Crippen molar-refractivity contribution < 1.29 is 4.39 Å². The maximum atomic E-state index is 13.0. The molecule has 0 amide bonds. The zero-order chi connectivity index (χ0) is 10.8. The first-order valence-electron chi connectivity index (χ1n) is 4.27. The molecule has 0 unspecified atom stereocenters. The molecule has 0 bridgehead atoms. The van der Waals surface area contributed by atoms with Crippen LogP contribution < -0.4 is 5.73 Å². The summed E-state index contributed by atoms with van der Waals surface area (Å²) in [6.45, 7) is 0.295. The van der Waals surface area contributed by atoms with Gasteiger partial charge in [-0.15, -0.1) is 5.10 Å². The van der Waals surface area contributed by atoms with Gasteiger partial charge in [-0.25, -0.2) is 9.07 Å². The Kier molecular flexibility index (Phi) is 2.66. The van der Waals surface area contributed by atoms with Gasteiger partial charge in [0.05, 0.1) is 17.6 Å². The van der Waals surface area contributed by atoms with Gasteiger partial charge in [-0.2, -0.15) is 0 Å². The summed E-state index contributed by atoms with van der Waals surface area (Å²) in [4.78, 5) is 0. The van der Waals surface area contributed by atoms with Crippen molar-refractivity contribution in [2.24, 2.45) is 5.73 Å². The average Bonchev–Trinajstić information content (AvgIpc) is 2.64. The zero-order valence-electron chi connectivity index (χ0n) is 7.69. The van der Waals surface area contributed by atoms with Crippen LogP contribution in [0.3, 0.4) is 0 Å². The summed E-state index contributed by atoms with van der Waals surface area (Å²) < 4.78 is 14.5. The first kappa shape index (κ1) is 10.1. The third-order valence-corrected chi connectivity index (χ3v) is 2.08. The van der Waals surface area contributed by atoms with E-state index in [1.807, 2.05) is 0 Å². The fraction of sp³-hybridized carbons (Fsp3) is 0.111. The topological polar surface area (TPSA) is 56.7 Å². The van der Waals surface area contributed by atoms with Crippen molar-refractivity contribution in [3.8, 4) is 5.69 Å². The predicted octanol–water partition coefficient (Wildman–Crippen LogP) is 1.52. The first-order chi connectivity index (χ1) is 7.19. The smallest absolute Gasteiger partial charge is 0.126 e. The largest absolute Gasteiger partial charge is 0.325 e. The Morgan fingerprint density at radius 1 is 1.40 bits per heavy atom. The molecule has 1 aromatic carbocycles. The molecular weight excluding hydrogens is 219 g/mol. The molecule has 0 aliphatic rings. The van der Waals surface area contributed by atoms with Crippen LogP contribution in [0, 0.1) is 5.82 Å². The van der Waals surface area contributed by atoms with E-state index in [2.05, 4.69) is 10.3 Å². The molecule has 0 spiro atoms. The van der Waals surface area contributed by atoms with Crippen molar-refractivity contribution in [2.75, 3.05) is 0 Å².